The standard InChI is InChI=1S/C17H18N2O/c1-20-16-10-7-14(8-11-16)9-12-17(18)19-13-15-5-3-2-4-6-15/h2-12H,13H2,1H3,(H2,18,19)/b12-9+. The van der Waals surface area contributed by atoms with Gasteiger partial charge >= 0.3 is 0 Å². The van der Waals surface area contributed by atoms with Gasteiger partial charge in [0.15, 0.2) is 0 Å². The first kappa shape index (κ1) is 13.9. The number of rotatable bonds is 5. The highest BCUT2D eigenvalue weighted by molar-refractivity contribution is 5.93. The lowest BCUT2D eigenvalue weighted by Crippen LogP contribution is -2.19. The van der Waals surface area contributed by atoms with Crippen LogP contribution in [-0.2, 0) is 6.54 Å². The molecule has 0 aromatic heterocycles. The van der Waals surface area contributed by atoms with Crippen molar-refractivity contribution in [2.24, 2.45) is 0 Å². The van der Waals surface area contributed by atoms with E-state index in [1.807, 2.05) is 60.7 Å². The van der Waals surface area contributed by atoms with Crippen LogP contribution in [0.15, 0.2) is 60.7 Å². The van der Waals surface area contributed by atoms with Gasteiger partial charge in [-0.25, -0.2) is 0 Å². The smallest absolute Gasteiger partial charge is 0.118 e. The first-order valence-electron chi connectivity index (χ1n) is 6.46. The molecule has 0 atom stereocenters. The maximum Gasteiger partial charge on any atom is 0.118 e. The van der Waals surface area contributed by atoms with Crippen molar-refractivity contribution in [1.29, 1.82) is 5.41 Å². The molecule has 0 aliphatic heterocycles. The van der Waals surface area contributed by atoms with Gasteiger partial charge in [-0.3, -0.25) is 5.41 Å². The summed E-state index contributed by atoms with van der Waals surface area (Å²) in [4.78, 5) is 0. The van der Waals surface area contributed by atoms with Gasteiger partial charge in [-0.05, 0) is 29.3 Å². The molecule has 2 aromatic rings. The molecule has 0 unspecified atom stereocenters. The van der Waals surface area contributed by atoms with Crippen molar-refractivity contribution in [1.82, 2.24) is 5.32 Å². The topological polar surface area (TPSA) is 45.1 Å². The molecule has 0 heterocycles. The molecule has 2 rings (SSSR count). The fraction of sp³-hybridized carbons (Fsp3) is 0.118. The Bertz CT molecular complexity index is 574. The van der Waals surface area contributed by atoms with E-state index in [9.17, 15) is 0 Å². The number of amidine groups is 1. The molecule has 0 bridgehead atoms. The number of hydrogen-bond donors (Lipinski definition) is 2. The predicted octanol–water partition coefficient (Wildman–Crippen LogP) is 3.48. The summed E-state index contributed by atoms with van der Waals surface area (Å²) in [6, 6.07) is 17.8. The Hall–Kier alpha value is -2.55. The normalized spacial score (nSPS) is 10.4. The maximum atomic E-state index is 7.84. The highest BCUT2D eigenvalue weighted by Gasteiger charge is 1.94. The molecule has 20 heavy (non-hydrogen) atoms. The van der Waals surface area contributed by atoms with E-state index >= 15 is 0 Å². The minimum absolute atomic E-state index is 0.393. The van der Waals surface area contributed by atoms with Crippen molar-refractivity contribution >= 4 is 11.9 Å². The fourth-order valence-corrected chi connectivity index (χ4v) is 1.75. The van der Waals surface area contributed by atoms with Crippen LogP contribution in [0.4, 0.5) is 0 Å². The molecule has 2 N–H and O–H groups in total. The minimum Gasteiger partial charge on any atom is -0.497 e. The van der Waals surface area contributed by atoms with E-state index in [0.29, 0.717) is 12.4 Å². The molecule has 0 saturated carbocycles. The molecule has 3 nitrogen and oxygen atoms in total. The van der Waals surface area contributed by atoms with Crippen LogP contribution in [0, 0.1) is 5.41 Å². The third-order valence-corrected chi connectivity index (χ3v) is 2.88. The van der Waals surface area contributed by atoms with Crippen LogP contribution in [0.1, 0.15) is 11.1 Å². The van der Waals surface area contributed by atoms with Crippen molar-refractivity contribution in [3.05, 3.63) is 71.8 Å². The fourth-order valence-electron chi connectivity index (χ4n) is 1.75. The van der Waals surface area contributed by atoms with Crippen LogP contribution in [0.2, 0.25) is 0 Å². The van der Waals surface area contributed by atoms with Crippen LogP contribution in [0.5, 0.6) is 5.75 Å². The first-order valence-corrected chi connectivity index (χ1v) is 6.46. The van der Waals surface area contributed by atoms with Gasteiger partial charge in [0, 0.05) is 6.54 Å². The van der Waals surface area contributed by atoms with E-state index in [-0.39, 0.29) is 0 Å². The lowest BCUT2D eigenvalue weighted by molar-refractivity contribution is 0.415. The van der Waals surface area contributed by atoms with E-state index in [1.54, 1.807) is 13.2 Å². The Labute approximate surface area is 119 Å². The van der Waals surface area contributed by atoms with Crippen LogP contribution in [0.3, 0.4) is 0 Å². The molecule has 0 spiro atoms. The molecule has 0 aliphatic rings. The third-order valence-electron chi connectivity index (χ3n) is 2.88. The summed E-state index contributed by atoms with van der Waals surface area (Å²) in [5.41, 5.74) is 2.20. The second-order valence-electron chi connectivity index (χ2n) is 4.36. The van der Waals surface area contributed by atoms with Gasteiger partial charge in [-0.15, -0.1) is 0 Å². The molecule has 102 valence electrons. The lowest BCUT2D eigenvalue weighted by Gasteiger charge is -2.04. The van der Waals surface area contributed by atoms with Crippen molar-refractivity contribution in [2.75, 3.05) is 7.11 Å². The van der Waals surface area contributed by atoms with E-state index in [1.165, 1.54) is 0 Å². The van der Waals surface area contributed by atoms with Gasteiger partial charge in [0.1, 0.15) is 11.6 Å². The summed E-state index contributed by atoms with van der Waals surface area (Å²) in [5, 5.41) is 10.9. The zero-order valence-corrected chi connectivity index (χ0v) is 11.5. The highest BCUT2D eigenvalue weighted by Crippen LogP contribution is 2.12. The number of ether oxygens (including phenoxy) is 1. The van der Waals surface area contributed by atoms with E-state index in [0.717, 1.165) is 16.9 Å². The Kier molecular flexibility index (Phi) is 4.95. The largest absolute Gasteiger partial charge is 0.497 e. The number of nitrogens with one attached hydrogen (secondary N) is 2. The summed E-state index contributed by atoms with van der Waals surface area (Å²) in [6.45, 7) is 0.659. The molecule has 0 fully saturated rings. The first-order chi connectivity index (χ1) is 9.78. The van der Waals surface area contributed by atoms with Gasteiger partial charge in [0.25, 0.3) is 0 Å². The molecule has 3 heteroatoms. The monoisotopic (exact) mass is 266 g/mol. The van der Waals surface area contributed by atoms with Gasteiger partial charge in [0.05, 0.1) is 7.11 Å². The summed E-state index contributed by atoms with van der Waals surface area (Å²) in [6.07, 6.45) is 3.66. The maximum absolute atomic E-state index is 7.84. The molecule has 2 aromatic carbocycles. The summed E-state index contributed by atoms with van der Waals surface area (Å²) in [7, 11) is 1.65. The van der Waals surface area contributed by atoms with Crippen molar-refractivity contribution in [3.8, 4) is 5.75 Å². The van der Waals surface area contributed by atoms with Gasteiger partial charge in [-0.1, -0.05) is 48.5 Å². The van der Waals surface area contributed by atoms with Gasteiger partial charge < -0.3 is 10.1 Å². The Balaban J connectivity index is 1.85. The average molecular weight is 266 g/mol. The SMILES string of the molecule is COc1ccc(/C=C/C(=N)NCc2ccccc2)cc1. The molecule has 0 radical (unpaired) electrons. The second kappa shape index (κ2) is 7.14. The van der Waals surface area contributed by atoms with E-state index in [4.69, 9.17) is 10.1 Å². The molecular weight excluding hydrogens is 248 g/mol. The number of methoxy groups -OCH3 is 1. The number of hydrogen-bond acceptors (Lipinski definition) is 2. The highest BCUT2D eigenvalue weighted by atomic mass is 16.5. The van der Waals surface area contributed by atoms with Crippen LogP contribution in [0.25, 0.3) is 6.08 Å². The zero-order valence-electron chi connectivity index (χ0n) is 11.5. The Morgan fingerprint density at radius 1 is 1.10 bits per heavy atom. The molecular formula is C17H18N2O. The Morgan fingerprint density at radius 2 is 1.80 bits per heavy atom. The third kappa shape index (κ3) is 4.28. The van der Waals surface area contributed by atoms with Crippen LogP contribution < -0.4 is 10.1 Å². The van der Waals surface area contributed by atoms with Crippen molar-refractivity contribution < 1.29 is 4.74 Å². The van der Waals surface area contributed by atoms with Gasteiger partial charge in [-0.2, -0.15) is 0 Å². The minimum atomic E-state index is 0.393. The Morgan fingerprint density at radius 3 is 2.45 bits per heavy atom. The van der Waals surface area contributed by atoms with Crippen LogP contribution >= 0.6 is 0 Å². The summed E-state index contributed by atoms with van der Waals surface area (Å²) in [5.74, 6) is 1.23. The average Bonchev–Trinajstić information content (AvgIpc) is 2.52. The second-order valence-corrected chi connectivity index (χ2v) is 4.36. The van der Waals surface area contributed by atoms with Crippen LogP contribution in [-0.4, -0.2) is 12.9 Å². The lowest BCUT2D eigenvalue weighted by atomic mass is 10.2. The summed E-state index contributed by atoms with van der Waals surface area (Å²) < 4.78 is 5.10. The molecule has 0 saturated heterocycles. The van der Waals surface area contributed by atoms with Gasteiger partial charge in [0.2, 0.25) is 0 Å². The van der Waals surface area contributed by atoms with E-state index < -0.39 is 0 Å². The summed E-state index contributed by atoms with van der Waals surface area (Å²) >= 11 is 0. The van der Waals surface area contributed by atoms with E-state index in [2.05, 4.69) is 5.32 Å². The number of benzene rings is 2. The van der Waals surface area contributed by atoms with Crippen molar-refractivity contribution in [2.45, 2.75) is 6.54 Å². The zero-order chi connectivity index (χ0) is 14.2. The predicted molar refractivity (Wildman–Crippen MR) is 83.0 cm³/mol. The molecule has 0 amide bonds. The molecule has 0 aliphatic carbocycles. The van der Waals surface area contributed by atoms with Crippen molar-refractivity contribution in [3.63, 3.8) is 0 Å². The quantitative estimate of drug-likeness (QED) is 0.643.